The van der Waals surface area contributed by atoms with Gasteiger partial charge in [0.2, 0.25) is 5.91 Å². The van der Waals surface area contributed by atoms with Crippen molar-refractivity contribution in [2.45, 2.75) is 91.9 Å². The Bertz CT molecular complexity index is 880. The summed E-state index contributed by atoms with van der Waals surface area (Å²) in [5.41, 5.74) is 1.90. The van der Waals surface area contributed by atoms with Gasteiger partial charge in [0, 0.05) is 48.5 Å². The van der Waals surface area contributed by atoms with E-state index in [-0.39, 0.29) is 42.3 Å². The molecule has 190 valence electrons. The van der Waals surface area contributed by atoms with Crippen LogP contribution >= 0.6 is 0 Å². The molecule has 2 heterocycles. The SMILES string of the molecule is CCN(c1cc(F)cc(C(=O)NCC2C(=O)NC(C)CC2C(C)C)c1C)C1C[C@@H](C)N[C@H](C)C1. The zero-order valence-corrected chi connectivity index (χ0v) is 21.9. The number of amides is 2. The summed E-state index contributed by atoms with van der Waals surface area (Å²) in [4.78, 5) is 28.1. The number of carbonyl (C=O) groups excluding carboxylic acids is 2. The molecule has 0 bridgehead atoms. The number of anilines is 1. The molecule has 3 rings (SSSR count). The van der Waals surface area contributed by atoms with Crippen LogP contribution in [0.3, 0.4) is 0 Å². The van der Waals surface area contributed by atoms with Crippen molar-refractivity contribution in [3.63, 3.8) is 0 Å². The van der Waals surface area contributed by atoms with Gasteiger partial charge in [-0.05, 0) is 83.4 Å². The van der Waals surface area contributed by atoms with E-state index in [1.165, 1.54) is 6.07 Å². The van der Waals surface area contributed by atoms with E-state index in [1.54, 1.807) is 6.07 Å². The Balaban J connectivity index is 1.80. The third-order valence-electron chi connectivity index (χ3n) is 7.71. The van der Waals surface area contributed by atoms with E-state index in [0.717, 1.165) is 37.1 Å². The number of benzene rings is 1. The second kappa shape index (κ2) is 11.1. The Labute approximate surface area is 204 Å². The van der Waals surface area contributed by atoms with Crippen LogP contribution < -0.4 is 20.9 Å². The minimum absolute atomic E-state index is 0.0132. The number of nitrogens with zero attached hydrogens (tertiary/aromatic N) is 1. The summed E-state index contributed by atoms with van der Waals surface area (Å²) >= 11 is 0. The molecule has 0 aliphatic carbocycles. The Morgan fingerprint density at radius 3 is 2.38 bits per heavy atom. The molecule has 7 heteroatoms. The zero-order chi connectivity index (χ0) is 25.2. The average molecular weight is 475 g/mol. The van der Waals surface area contributed by atoms with Gasteiger partial charge in [-0.15, -0.1) is 0 Å². The molecule has 0 spiro atoms. The van der Waals surface area contributed by atoms with Crippen LogP contribution in [-0.2, 0) is 4.79 Å². The first-order valence-electron chi connectivity index (χ1n) is 12.9. The van der Waals surface area contributed by atoms with Crippen molar-refractivity contribution in [2.75, 3.05) is 18.0 Å². The summed E-state index contributed by atoms with van der Waals surface area (Å²) in [5.74, 6) is -0.490. The number of rotatable bonds is 7. The van der Waals surface area contributed by atoms with Crippen LogP contribution in [0.5, 0.6) is 0 Å². The van der Waals surface area contributed by atoms with Crippen LogP contribution in [0, 0.1) is 30.5 Å². The van der Waals surface area contributed by atoms with Crippen molar-refractivity contribution in [3.8, 4) is 0 Å². The molecule has 1 aromatic carbocycles. The van der Waals surface area contributed by atoms with Crippen LogP contribution in [0.25, 0.3) is 0 Å². The topological polar surface area (TPSA) is 73.5 Å². The molecule has 6 nitrogen and oxygen atoms in total. The van der Waals surface area contributed by atoms with Crippen molar-refractivity contribution >= 4 is 17.5 Å². The number of carbonyl (C=O) groups is 2. The molecular formula is C27H43FN4O2. The quantitative estimate of drug-likeness (QED) is 0.558. The van der Waals surface area contributed by atoms with E-state index in [1.807, 2.05) is 13.8 Å². The molecule has 0 radical (unpaired) electrons. The fourth-order valence-corrected chi connectivity index (χ4v) is 6.07. The summed E-state index contributed by atoms with van der Waals surface area (Å²) in [7, 11) is 0. The van der Waals surface area contributed by atoms with Gasteiger partial charge in [-0.25, -0.2) is 4.39 Å². The van der Waals surface area contributed by atoms with Gasteiger partial charge in [0.1, 0.15) is 5.82 Å². The van der Waals surface area contributed by atoms with E-state index >= 15 is 0 Å². The van der Waals surface area contributed by atoms with Gasteiger partial charge in [-0.3, -0.25) is 9.59 Å². The zero-order valence-electron chi connectivity index (χ0n) is 21.9. The van der Waals surface area contributed by atoms with E-state index < -0.39 is 5.82 Å². The molecule has 3 unspecified atom stereocenters. The van der Waals surface area contributed by atoms with Gasteiger partial charge in [0.05, 0.1) is 5.92 Å². The summed E-state index contributed by atoms with van der Waals surface area (Å²) in [5, 5.41) is 9.52. The molecule has 2 amide bonds. The predicted molar refractivity (Wildman–Crippen MR) is 136 cm³/mol. The first-order valence-corrected chi connectivity index (χ1v) is 12.9. The highest BCUT2D eigenvalue weighted by molar-refractivity contribution is 5.97. The number of hydrogen-bond acceptors (Lipinski definition) is 4. The monoisotopic (exact) mass is 474 g/mol. The smallest absolute Gasteiger partial charge is 0.251 e. The molecule has 1 aromatic rings. The predicted octanol–water partition coefficient (Wildman–Crippen LogP) is 4.02. The second-order valence-corrected chi connectivity index (χ2v) is 10.8. The third-order valence-corrected chi connectivity index (χ3v) is 7.71. The Hall–Kier alpha value is -2.15. The van der Waals surface area contributed by atoms with Crippen LogP contribution in [0.1, 0.15) is 76.7 Å². The summed E-state index contributed by atoms with van der Waals surface area (Å²) in [6.45, 7) is 15.6. The minimum Gasteiger partial charge on any atom is -0.368 e. The summed E-state index contributed by atoms with van der Waals surface area (Å²) in [6, 6.07) is 4.07. The van der Waals surface area contributed by atoms with Crippen LogP contribution in [-0.4, -0.2) is 49.1 Å². The van der Waals surface area contributed by atoms with Gasteiger partial charge in [-0.2, -0.15) is 0 Å². The highest BCUT2D eigenvalue weighted by Crippen LogP contribution is 2.32. The first-order chi connectivity index (χ1) is 16.0. The van der Waals surface area contributed by atoms with E-state index in [9.17, 15) is 14.0 Å². The fraction of sp³-hybridized carbons (Fsp3) is 0.704. The van der Waals surface area contributed by atoms with E-state index in [2.05, 4.69) is 55.5 Å². The largest absolute Gasteiger partial charge is 0.368 e. The van der Waals surface area contributed by atoms with Gasteiger partial charge >= 0.3 is 0 Å². The van der Waals surface area contributed by atoms with Crippen LogP contribution in [0.15, 0.2) is 12.1 Å². The molecule has 2 fully saturated rings. The number of hydrogen-bond donors (Lipinski definition) is 3. The highest BCUT2D eigenvalue weighted by atomic mass is 19.1. The lowest BCUT2D eigenvalue weighted by molar-refractivity contribution is -0.130. The maximum atomic E-state index is 14.8. The number of piperidine rings is 2. The van der Waals surface area contributed by atoms with Crippen molar-refractivity contribution in [1.29, 1.82) is 0 Å². The number of nitrogens with one attached hydrogen (secondary N) is 3. The lowest BCUT2D eigenvalue weighted by Crippen LogP contribution is -2.52. The Morgan fingerprint density at radius 1 is 1.15 bits per heavy atom. The lowest BCUT2D eigenvalue weighted by atomic mass is 9.76. The first kappa shape index (κ1) is 26.5. The Kier molecular flexibility index (Phi) is 8.61. The number of halogens is 1. The van der Waals surface area contributed by atoms with Gasteiger partial charge < -0.3 is 20.9 Å². The van der Waals surface area contributed by atoms with Crippen molar-refractivity contribution in [1.82, 2.24) is 16.0 Å². The van der Waals surface area contributed by atoms with Crippen LogP contribution in [0.4, 0.5) is 10.1 Å². The molecule has 0 aromatic heterocycles. The maximum Gasteiger partial charge on any atom is 0.251 e. The molecule has 0 saturated carbocycles. The van der Waals surface area contributed by atoms with Gasteiger partial charge in [0.25, 0.3) is 5.91 Å². The van der Waals surface area contributed by atoms with Crippen molar-refractivity contribution < 1.29 is 14.0 Å². The van der Waals surface area contributed by atoms with Gasteiger partial charge in [-0.1, -0.05) is 13.8 Å². The standard InChI is InChI=1S/C27H43FN4O2/c1-8-32(21-9-16(4)30-17(5)10-21)25-13-20(28)12-23(19(25)7)26(33)29-14-24-22(15(2)3)11-18(6)31-27(24)34/h12-13,15-18,21-22,24,30H,8-11,14H2,1-7H3,(H,29,33)(H,31,34)/t16-,17-,18?,22?,24?/m1/s1. The third kappa shape index (κ3) is 5.91. The molecule has 2 aliphatic heterocycles. The summed E-state index contributed by atoms with van der Waals surface area (Å²) < 4.78 is 14.8. The average Bonchev–Trinajstić information content (AvgIpc) is 2.74. The normalized spacial score (nSPS) is 29.6. The molecule has 2 saturated heterocycles. The lowest BCUT2D eigenvalue weighted by Gasteiger charge is -2.41. The minimum atomic E-state index is -0.413. The second-order valence-electron chi connectivity index (χ2n) is 10.8. The van der Waals surface area contributed by atoms with Crippen molar-refractivity contribution in [2.24, 2.45) is 17.8 Å². The van der Waals surface area contributed by atoms with Gasteiger partial charge in [0.15, 0.2) is 0 Å². The molecule has 2 aliphatic rings. The van der Waals surface area contributed by atoms with E-state index in [4.69, 9.17) is 0 Å². The van der Waals surface area contributed by atoms with E-state index in [0.29, 0.717) is 23.6 Å². The summed E-state index contributed by atoms with van der Waals surface area (Å²) in [6.07, 6.45) is 2.84. The maximum absolute atomic E-state index is 14.8. The highest BCUT2D eigenvalue weighted by Gasteiger charge is 2.37. The molecule has 5 atom stereocenters. The Morgan fingerprint density at radius 2 is 1.79 bits per heavy atom. The molecule has 34 heavy (non-hydrogen) atoms. The molecular weight excluding hydrogens is 431 g/mol. The van der Waals surface area contributed by atoms with Crippen molar-refractivity contribution in [3.05, 3.63) is 29.1 Å². The molecule has 3 N–H and O–H groups in total. The van der Waals surface area contributed by atoms with Crippen LogP contribution in [0.2, 0.25) is 0 Å². The fourth-order valence-electron chi connectivity index (χ4n) is 6.07.